The molecule has 2 aliphatic carbocycles. The number of terminal acetylenes is 1. The molecule has 2 saturated carbocycles. The zero-order valence-electron chi connectivity index (χ0n) is 7.96. The number of rotatable bonds is 3. The Hall–Kier alpha value is -0.770. The molecular weight excluding hydrogens is 160 g/mol. The number of ketones is 1. The lowest BCUT2D eigenvalue weighted by Crippen LogP contribution is -2.14. The van der Waals surface area contributed by atoms with Gasteiger partial charge >= 0.3 is 0 Å². The molecule has 0 saturated heterocycles. The summed E-state index contributed by atoms with van der Waals surface area (Å²) in [5, 5.41) is 0. The van der Waals surface area contributed by atoms with Crippen LogP contribution in [-0.4, -0.2) is 5.78 Å². The van der Waals surface area contributed by atoms with Crippen LogP contribution in [-0.2, 0) is 4.79 Å². The lowest BCUT2D eigenvalue weighted by Gasteiger charge is -2.20. The number of carbonyl (C=O) groups excluding carboxylic acids is 1. The lowest BCUT2D eigenvalue weighted by molar-refractivity contribution is -0.119. The van der Waals surface area contributed by atoms with E-state index in [2.05, 4.69) is 5.92 Å². The summed E-state index contributed by atoms with van der Waals surface area (Å²) in [6.45, 7) is 0. The van der Waals surface area contributed by atoms with Crippen LogP contribution in [0.1, 0.15) is 38.5 Å². The highest BCUT2D eigenvalue weighted by Gasteiger charge is 2.39. The Balaban J connectivity index is 1.84. The fraction of sp³-hybridized carbons (Fsp3) is 0.750. The van der Waals surface area contributed by atoms with Crippen LogP contribution >= 0.6 is 0 Å². The van der Waals surface area contributed by atoms with Gasteiger partial charge in [0.2, 0.25) is 0 Å². The molecule has 70 valence electrons. The van der Waals surface area contributed by atoms with Crippen molar-refractivity contribution in [2.24, 2.45) is 17.8 Å². The van der Waals surface area contributed by atoms with Crippen molar-refractivity contribution in [3.63, 3.8) is 0 Å². The molecular formula is C12H16O. The van der Waals surface area contributed by atoms with E-state index in [1.807, 2.05) is 0 Å². The first-order chi connectivity index (χ1) is 6.29. The molecule has 1 nitrogen and oxygen atoms in total. The predicted octanol–water partition coefficient (Wildman–Crippen LogP) is 2.41. The Morgan fingerprint density at radius 3 is 2.77 bits per heavy atom. The molecule has 3 unspecified atom stereocenters. The summed E-state index contributed by atoms with van der Waals surface area (Å²) in [4.78, 5) is 11.3. The van der Waals surface area contributed by atoms with Gasteiger partial charge in [0.25, 0.3) is 0 Å². The molecule has 0 aliphatic heterocycles. The van der Waals surface area contributed by atoms with Gasteiger partial charge in [-0.05, 0) is 37.0 Å². The van der Waals surface area contributed by atoms with E-state index < -0.39 is 0 Å². The van der Waals surface area contributed by atoms with Gasteiger partial charge in [0.15, 0.2) is 0 Å². The lowest BCUT2D eigenvalue weighted by atomic mass is 9.85. The summed E-state index contributed by atoms with van der Waals surface area (Å²) in [7, 11) is 0. The molecule has 0 heterocycles. The van der Waals surface area contributed by atoms with Crippen LogP contribution in [0, 0.1) is 30.1 Å². The van der Waals surface area contributed by atoms with Gasteiger partial charge in [-0.2, -0.15) is 0 Å². The molecule has 0 amide bonds. The van der Waals surface area contributed by atoms with E-state index in [9.17, 15) is 4.79 Å². The Labute approximate surface area is 79.9 Å². The minimum Gasteiger partial charge on any atom is -0.299 e. The van der Waals surface area contributed by atoms with Gasteiger partial charge in [-0.3, -0.25) is 4.79 Å². The maximum Gasteiger partial charge on any atom is 0.145 e. The van der Waals surface area contributed by atoms with Crippen LogP contribution in [0.15, 0.2) is 0 Å². The van der Waals surface area contributed by atoms with E-state index in [-0.39, 0.29) is 5.78 Å². The average molecular weight is 176 g/mol. The van der Waals surface area contributed by atoms with Crippen LogP contribution in [0.25, 0.3) is 0 Å². The third-order valence-corrected chi connectivity index (χ3v) is 3.67. The second-order valence-corrected chi connectivity index (χ2v) is 4.56. The molecule has 0 aromatic heterocycles. The predicted molar refractivity (Wildman–Crippen MR) is 52.0 cm³/mol. The molecule has 0 radical (unpaired) electrons. The van der Waals surface area contributed by atoms with Crippen molar-refractivity contribution in [1.29, 1.82) is 0 Å². The van der Waals surface area contributed by atoms with Crippen molar-refractivity contribution in [3.05, 3.63) is 0 Å². The van der Waals surface area contributed by atoms with Crippen LogP contribution in [0.5, 0.6) is 0 Å². The minimum atomic E-state index is 0.278. The third-order valence-electron chi connectivity index (χ3n) is 3.67. The van der Waals surface area contributed by atoms with E-state index >= 15 is 0 Å². The summed E-state index contributed by atoms with van der Waals surface area (Å²) in [6.07, 6.45) is 11.6. The zero-order chi connectivity index (χ0) is 9.26. The van der Waals surface area contributed by atoms with Crippen LogP contribution in [0.3, 0.4) is 0 Å². The molecule has 0 spiro atoms. The van der Waals surface area contributed by atoms with Crippen molar-refractivity contribution >= 4 is 5.78 Å². The Bertz CT molecular complexity index is 248. The van der Waals surface area contributed by atoms with Crippen LogP contribution in [0.4, 0.5) is 0 Å². The first kappa shape index (κ1) is 8.81. The number of fused-ring (bicyclic) bond motifs is 2. The first-order valence-electron chi connectivity index (χ1n) is 5.24. The second-order valence-electron chi connectivity index (χ2n) is 4.56. The fourth-order valence-corrected chi connectivity index (χ4v) is 3.10. The van der Waals surface area contributed by atoms with Gasteiger partial charge in [0.1, 0.15) is 5.78 Å². The highest BCUT2D eigenvalue weighted by molar-refractivity contribution is 5.80. The molecule has 2 aliphatic rings. The molecule has 2 bridgehead atoms. The molecule has 3 atom stereocenters. The first-order valence-corrected chi connectivity index (χ1v) is 5.24. The Morgan fingerprint density at radius 2 is 2.23 bits per heavy atom. The van der Waals surface area contributed by atoms with E-state index in [0.29, 0.717) is 12.3 Å². The van der Waals surface area contributed by atoms with Gasteiger partial charge in [0.05, 0.1) is 6.42 Å². The highest BCUT2D eigenvalue weighted by atomic mass is 16.1. The molecule has 0 N–H and O–H groups in total. The van der Waals surface area contributed by atoms with Crippen molar-refractivity contribution in [1.82, 2.24) is 0 Å². The minimum absolute atomic E-state index is 0.278. The molecule has 2 fully saturated rings. The Morgan fingerprint density at radius 1 is 1.38 bits per heavy atom. The summed E-state index contributed by atoms with van der Waals surface area (Å²) in [6, 6.07) is 0. The van der Waals surface area contributed by atoms with Crippen molar-refractivity contribution in [2.45, 2.75) is 38.5 Å². The van der Waals surface area contributed by atoms with Crippen molar-refractivity contribution in [2.75, 3.05) is 0 Å². The number of hydrogen-bond acceptors (Lipinski definition) is 1. The van der Waals surface area contributed by atoms with Crippen molar-refractivity contribution in [3.8, 4) is 12.3 Å². The van der Waals surface area contributed by atoms with Gasteiger partial charge < -0.3 is 0 Å². The monoisotopic (exact) mass is 176 g/mol. The number of hydrogen-bond donors (Lipinski definition) is 0. The fourth-order valence-electron chi connectivity index (χ4n) is 3.10. The molecule has 13 heavy (non-hydrogen) atoms. The molecule has 2 rings (SSSR count). The second kappa shape index (κ2) is 3.54. The summed E-state index contributed by atoms with van der Waals surface area (Å²) < 4.78 is 0. The molecule has 0 aromatic carbocycles. The number of Topliss-reactive ketones (excluding diaryl/α,β-unsaturated/α-hetero) is 1. The summed E-state index contributed by atoms with van der Waals surface area (Å²) >= 11 is 0. The van der Waals surface area contributed by atoms with E-state index in [0.717, 1.165) is 18.3 Å². The Kier molecular flexibility index (Phi) is 2.40. The van der Waals surface area contributed by atoms with Crippen molar-refractivity contribution < 1.29 is 4.79 Å². The van der Waals surface area contributed by atoms with Crippen LogP contribution in [0.2, 0.25) is 0 Å². The van der Waals surface area contributed by atoms with Crippen LogP contribution < -0.4 is 0 Å². The highest BCUT2D eigenvalue weighted by Crippen LogP contribution is 2.49. The SMILES string of the molecule is C#CCC(=O)CC1CC2CCC1C2. The molecule has 1 heteroatoms. The standard InChI is InChI=1S/C12H16O/c1-2-3-12(13)8-11-7-9-4-5-10(11)6-9/h1,9-11H,3-8H2. The topological polar surface area (TPSA) is 17.1 Å². The molecule has 0 aromatic rings. The summed E-state index contributed by atoms with van der Waals surface area (Å²) in [5.74, 6) is 5.19. The maximum atomic E-state index is 11.3. The largest absolute Gasteiger partial charge is 0.299 e. The number of carbonyl (C=O) groups is 1. The normalized spacial score (nSPS) is 36.1. The quantitative estimate of drug-likeness (QED) is 0.603. The third kappa shape index (κ3) is 1.77. The van der Waals surface area contributed by atoms with E-state index in [1.165, 1.54) is 25.7 Å². The van der Waals surface area contributed by atoms with E-state index in [1.54, 1.807) is 0 Å². The zero-order valence-corrected chi connectivity index (χ0v) is 7.96. The smallest absolute Gasteiger partial charge is 0.145 e. The van der Waals surface area contributed by atoms with Gasteiger partial charge in [-0.25, -0.2) is 0 Å². The maximum absolute atomic E-state index is 11.3. The van der Waals surface area contributed by atoms with Gasteiger partial charge in [-0.1, -0.05) is 12.3 Å². The summed E-state index contributed by atoms with van der Waals surface area (Å²) in [5.41, 5.74) is 0. The van der Waals surface area contributed by atoms with E-state index in [4.69, 9.17) is 6.42 Å². The average Bonchev–Trinajstić information content (AvgIpc) is 2.65. The van der Waals surface area contributed by atoms with Gasteiger partial charge in [0, 0.05) is 6.42 Å². The van der Waals surface area contributed by atoms with Gasteiger partial charge in [-0.15, -0.1) is 6.42 Å².